The van der Waals surface area contributed by atoms with E-state index in [4.69, 9.17) is 0 Å². The Labute approximate surface area is 93.1 Å². The molecule has 0 radical (unpaired) electrons. The number of hydrogen-bond donors (Lipinski definition) is 0. The number of aromatic nitrogens is 1. The van der Waals surface area contributed by atoms with Crippen molar-refractivity contribution >= 4 is 32.4 Å². The molecule has 0 aliphatic rings. The Morgan fingerprint density at radius 3 is 2.00 bits per heavy atom. The summed E-state index contributed by atoms with van der Waals surface area (Å²) < 4.78 is 40.2. The van der Waals surface area contributed by atoms with Gasteiger partial charge in [-0.05, 0) is 0 Å². The predicted molar refractivity (Wildman–Crippen MR) is 59.6 cm³/mol. The molecule has 1 rings (SSSR count). The first-order chi connectivity index (χ1) is 6.86. The van der Waals surface area contributed by atoms with Crippen molar-refractivity contribution < 1.29 is 13.2 Å². The molecule has 0 unspecified atom stereocenters. The molecule has 15 heavy (non-hydrogen) atoms. The SMILES string of the molecule is CP(C)c1nc(F)c(F)c([As](C)C)c1F. The molecule has 0 N–H and O–H groups in total. The monoisotopic (exact) mass is 297 g/mol. The van der Waals surface area contributed by atoms with Gasteiger partial charge in [0.05, 0.1) is 0 Å². The first-order valence-corrected chi connectivity index (χ1v) is 11.2. The van der Waals surface area contributed by atoms with E-state index in [2.05, 4.69) is 4.98 Å². The van der Waals surface area contributed by atoms with Gasteiger partial charge in [-0.15, -0.1) is 0 Å². The van der Waals surface area contributed by atoms with Gasteiger partial charge >= 0.3 is 92.8 Å². The third kappa shape index (κ3) is 2.54. The zero-order chi connectivity index (χ0) is 11.7. The van der Waals surface area contributed by atoms with Gasteiger partial charge in [0, 0.05) is 0 Å². The second-order valence-electron chi connectivity index (χ2n) is 3.49. The molecule has 0 aliphatic carbocycles. The molecule has 1 aromatic rings. The summed E-state index contributed by atoms with van der Waals surface area (Å²) in [5.74, 6) is -2.89. The molecule has 1 aromatic heterocycles. The van der Waals surface area contributed by atoms with Crippen LogP contribution in [0.25, 0.3) is 0 Å². The summed E-state index contributed by atoms with van der Waals surface area (Å²) >= 11 is -1.79. The summed E-state index contributed by atoms with van der Waals surface area (Å²) in [5.41, 5.74) is 3.62. The topological polar surface area (TPSA) is 12.9 Å². The zero-order valence-electron chi connectivity index (χ0n) is 8.98. The Bertz CT molecular complexity index is 382. The van der Waals surface area contributed by atoms with E-state index >= 15 is 0 Å². The summed E-state index contributed by atoms with van der Waals surface area (Å²) in [7, 11) is -0.855. The Morgan fingerprint density at radius 2 is 1.60 bits per heavy atom. The van der Waals surface area contributed by atoms with Gasteiger partial charge in [-0.3, -0.25) is 0 Å². The molecule has 0 bridgehead atoms. The molecule has 0 fully saturated rings. The number of pyridine rings is 1. The predicted octanol–water partition coefficient (Wildman–Crippen LogP) is 1.83. The van der Waals surface area contributed by atoms with Crippen molar-refractivity contribution in [2.45, 2.75) is 11.4 Å². The zero-order valence-corrected chi connectivity index (χ0v) is 11.7. The van der Waals surface area contributed by atoms with Crippen LogP contribution in [-0.2, 0) is 0 Å². The van der Waals surface area contributed by atoms with Gasteiger partial charge in [0.15, 0.2) is 0 Å². The van der Waals surface area contributed by atoms with Crippen molar-refractivity contribution in [2.75, 3.05) is 13.3 Å². The van der Waals surface area contributed by atoms with E-state index in [0.29, 0.717) is 0 Å². The van der Waals surface area contributed by atoms with Crippen molar-refractivity contribution in [1.29, 1.82) is 0 Å². The molecule has 1 nitrogen and oxygen atoms in total. The average Bonchev–Trinajstić information content (AvgIpc) is 2.10. The minimum atomic E-state index is -1.79. The first-order valence-electron chi connectivity index (χ1n) is 4.25. The molecule has 6 heteroatoms. The van der Waals surface area contributed by atoms with E-state index < -0.39 is 40.2 Å². The fraction of sp³-hybridized carbons (Fsp3) is 0.444. The summed E-state index contributed by atoms with van der Waals surface area (Å²) in [6.45, 7) is 3.54. The van der Waals surface area contributed by atoms with E-state index in [1.54, 1.807) is 24.8 Å². The summed E-state index contributed by atoms with van der Waals surface area (Å²) in [4.78, 5) is 3.35. The van der Waals surface area contributed by atoms with Gasteiger partial charge in [0.25, 0.3) is 0 Å². The van der Waals surface area contributed by atoms with Crippen molar-refractivity contribution in [1.82, 2.24) is 4.98 Å². The van der Waals surface area contributed by atoms with Crippen molar-refractivity contribution in [3.05, 3.63) is 17.6 Å². The van der Waals surface area contributed by atoms with Gasteiger partial charge in [-0.2, -0.15) is 0 Å². The Kier molecular flexibility index (Phi) is 4.19. The van der Waals surface area contributed by atoms with Crippen LogP contribution in [0.15, 0.2) is 0 Å². The van der Waals surface area contributed by atoms with E-state index in [1.807, 2.05) is 0 Å². The van der Waals surface area contributed by atoms with Gasteiger partial charge in [0.1, 0.15) is 0 Å². The molecule has 0 saturated carbocycles. The number of halogens is 3. The fourth-order valence-corrected chi connectivity index (χ4v) is 4.23. The maximum atomic E-state index is 13.8. The Balaban J connectivity index is 3.49. The number of hydrogen-bond acceptors (Lipinski definition) is 1. The first kappa shape index (κ1) is 13.0. The van der Waals surface area contributed by atoms with Crippen LogP contribution in [0.4, 0.5) is 13.2 Å². The molecule has 0 aliphatic heterocycles. The van der Waals surface area contributed by atoms with Crippen molar-refractivity contribution in [3.8, 4) is 0 Å². The van der Waals surface area contributed by atoms with Gasteiger partial charge in [0.2, 0.25) is 0 Å². The molecule has 0 saturated heterocycles. The third-order valence-electron chi connectivity index (χ3n) is 1.87. The second kappa shape index (κ2) is 4.84. The summed E-state index contributed by atoms with van der Waals surface area (Å²) in [5, 5.41) is 0. The van der Waals surface area contributed by atoms with E-state index in [9.17, 15) is 13.2 Å². The number of nitrogens with zero attached hydrogens (tertiary/aromatic N) is 1. The van der Waals surface area contributed by atoms with Crippen LogP contribution < -0.4 is 9.79 Å². The van der Waals surface area contributed by atoms with E-state index in [1.165, 1.54) is 0 Å². The van der Waals surface area contributed by atoms with Crippen LogP contribution in [0.5, 0.6) is 0 Å². The number of rotatable bonds is 2. The normalized spacial score (nSPS) is 11.5. The van der Waals surface area contributed by atoms with Gasteiger partial charge < -0.3 is 0 Å². The van der Waals surface area contributed by atoms with Crippen LogP contribution in [0.2, 0.25) is 11.4 Å². The molecule has 0 aromatic carbocycles. The van der Waals surface area contributed by atoms with Crippen molar-refractivity contribution in [2.24, 2.45) is 0 Å². The molecule has 84 valence electrons. The van der Waals surface area contributed by atoms with Crippen LogP contribution in [0.1, 0.15) is 0 Å². The molecule has 0 spiro atoms. The Hall–Kier alpha value is -0.0716. The quantitative estimate of drug-likeness (QED) is 0.461. The van der Waals surface area contributed by atoms with Crippen LogP contribution in [0, 0.1) is 17.6 Å². The maximum absolute atomic E-state index is 13.8. The van der Waals surface area contributed by atoms with Crippen molar-refractivity contribution in [3.63, 3.8) is 0 Å². The minimum absolute atomic E-state index is 0.0544. The van der Waals surface area contributed by atoms with E-state index in [0.717, 1.165) is 0 Å². The van der Waals surface area contributed by atoms with Crippen LogP contribution >= 0.6 is 7.92 Å². The van der Waals surface area contributed by atoms with Gasteiger partial charge in [-0.25, -0.2) is 0 Å². The molecular weight excluding hydrogens is 285 g/mol. The molecule has 1 heterocycles. The molecule has 0 amide bonds. The van der Waals surface area contributed by atoms with Crippen LogP contribution in [-0.4, -0.2) is 33.0 Å². The van der Waals surface area contributed by atoms with Gasteiger partial charge in [-0.1, -0.05) is 0 Å². The summed E-state index contributed by atoms with van der Waals surface area (Å²) in [6, 6.07) is 0. The third-order valence-corrected chi connectivity index (χ3v) is 5.71. The standard InChI is InChI=1S/C9H12AsF3NP/c1-10(2)5-6(11)8(13)14-9(7(5)12)15(3)4/h1-4H3. The van der Waals surface area contributed by atoms with Crippen LogP contribution in [0.3, 0.4) is 0 Å². The molecular formula is C9H12AsF3NP. The fourth-order valence-electron chi connectivity index (χ4n) is 1.18. The van der Waals surface area contributed by atoms with E-state index in [-0.39, 0.29) is 9.79 Å². The summed E-state index contributed by atoms with van der Waals surface area (Å²) in [6.07, 6.45) is 0. The molecule has 0 atom stereocenters. The Morgan fingerprint density at radius 1 is 1.07 bits per heavy atom. The second-order valence-corrected chi connectivity index (χ2v) is 10.4. The average molecular weight is 297 g/mol.